The summed E-state index contributed by atoms with van der Waals surface area (Å²) < 4.78 is 33.4. The second-order valence-corrected chi connectivity index (χ2v) is 5.37. The van der Waals surface area contributed by atoms with E-state index >= 15 is 0 Å². The molecule has 0 N–H and O–H groups in total. The fourth-order valence-electron chi connectivity index (χ4n) is 1.40. The summed E-state index contributed by atoms with van der Waals surface area (Å²) in [5.74, 6) is -1.66. The summed E-state index contributed by atoms with van der Waals surface area (Å²) in [6.07, 6.45) is 0. The third-order valence-corrected chi connectivity index (χ3v) is 4.19. The van der Waals surface area contributed by atoms with E-state index < -0.39 is 25.9 Å². The standard InChI is InChI=1S/C9H6O5S2.2Na/c10-9(11)7-8(16(12,13)14)5-3-1-2-4-6(5)15-7;;/h1-4H,(H,10,11)(H,12,13,14);;/q;2*+1/p-2. The maximum absolute atomic E-state index is 11.0. The van der Waals surface area contributed by atoms with E-state index in [-0.39, 0.29) is 64.5 Å². The fourth-order valence-corrected chi connectivity index (χ4v) is 3.59. The van der Waals surface area contributed by atoms with Gasteiger partial charge in [-0.1, -0.05) is 18.2 Å². The Morgan fingerprint density at radius 3 is 2.22 bits per heavy atom. The quantitative estimate of drug-likeness (QED) is 0.407. The van der Waals surface area contributed by atoms with E-state index in [1.165, 1.54) is 12.1 Å². The monoisotopic (exact) mass is 302 g/mol. The van der Waals surface area contributed by atoms with Gasteiger partial charge in [-0.05, 0) is 6.07 Å². The minimum Gasteiger partial charge on any atom is -0.744 e. The van der Waals surface area contributed by atoms with Crippen molar-refractivity contribution in [3.8, 4) is 0 Å². The van der Waals surface area contributed by atoms with E-state index in [0.29, 0.717) is 4.70 Å². The first-order valence-electron chi connectivity index (χ1n) is 4.10. The summed E-state index contributed by atoms with van der Waals surface area (Å²) in [4.78, 5) is 9.49. The molecule has 5 nitrogen and oxygen atoms in total. The number of benzene rings is 1. The summed E-state index contributed by atoms with van der Waals surface area (Å²) in [6, 6.07) is 6.09. The summed E-state index contributed by atoms with van der Waals surface area (Å²) >= 11 is 0.718. The Bertz CT molecular complexity index is 677. The fraction of sp³-hybridized carbons (Fsp3) is 0. The molecule has 0 saturated carbocycles. The van der Waals surface area contributed by atoms with Crippen LogP contribution in [0.1, 0.15) is 9.67 Å². The second kappa shape index (κ2) is 6.83. The second-order valence-electron chi connectivity index (χ2n) is 3.00. The zero-order chi connectivity index (χ0) is 11.9. The number of carboxylic acid groups (broad SMARTS) is 1. The van der Waals surface area contributed by atoms with E-state index in [0.717, 1.165) is 11.3 Å². The number of aromatic carboxylic acids is 1. The molecule has 0 bridgehead atoms. The molecule has 18 heavy (non-hydrogen) atoms. The smallest absolute Gasteiger partial charge is 0.744 e. The van der Waals surface area contributed by atoms with Crippen LogP contribution in [0.2, 0.25) is 0 Å². The number of carbonyl (C=O) groups is 1. The maximum Gasteiger partial charge on any atom is 1.00 e. The molecule has 9 heteroatoms. The Kier molecular flexibility index (Phi) is 7.04. The first-order valence-corrected chi connectivity index (χ1v) is 6.32. The van der Waals surface area contributed by atoms with Gasteiger partial charge >= 0.3 is 59.1 Å². The molecule has 2 rings (SSSR count). The van der Waals surface area contributed by atoms with Gasteiger partial charge in [0, 0.05) is 10.1 Å². The Labute approximate surface area is 152 Å². The Morgan fingerprint density at radius 2 is 1.72 bits per heavy atom. The number of rotatable bonds is 2. The molecule has 0 aliphatic carbocycles. The third-order valence-electron chi connectivity index (χ3n) is 1.99. The van der Waals surface area contributed by atoms with Gasteiger partial charge in [-0.25, -0.2) is 8.42 Å². The van der Waals surface area contributed by atoms with Crippen LogP contribution in [0, 0.1) is 0 Å². The first-order chi connectivity index (χ1) is 7.41. The Balaban J connectivity index is 0.00000144. The molecule has 0 radical (unpaired) electrons. The Hall–Kier alpha value is 0.560. The zero-order valence-corrected chi connectivity index (χ0v) is 15.3. The van der Waals surface area contributed by atoms with Crippen LogP contribution in [-0.2, 0) is 10.1 Å². The maximum atomic E-state index is 11.0. The molecule has 1 heterocycles. The molecule has 0 fully saturated rings. The molecule has 0 amide bonds. The van der Waals surface area contributed by atoms with Crippen LogP contribution in [-0.4, -0.2) is 18.9 Å². The van der Waals surface area contributed by atoms with Crippen molar-refractivity contribution in [1.29, 1.82) is 0 Å². The van der Waals surface area contributed by atoms with Crippen LogP contribution < -0.4 is 64.2 Å². The van der Waals surface area contributed by atoms with Gasteiger partial charge in [0.15, 0.2) is 0 Å². The van der Waals surface area contributed by atoms with E-state index in [2.05, 4.69) is 0 Å². The normalized spacial score (nSPS) is 10.5. The molecule has 1 aromatic heterocycles. The van der Waals surface area contributed by atoms with Gasteiger partial charge in [0.25, 0.3) is 0 Å². The molecule has 1 aromatic carbocycles. The minimum absolute atomic E-state index is 0. The zero-order valence-electron chi connectivity index (χ0n) is 9.67. The van der Waals surface area contributed by atoms with Crippen LogP contribution in [0.25, 0.3) is 10.1 Å². The summed E-state index contributed by atoms with van der Waals surface area (Å²) in [5, 5.41) is 10.9. The predicted octanol–water partition coefficient (Wildman–Crippen LogP) is -5.82. The molecule has 2 aromatic rings. The van der Waals surface area contributed by atoms with Crippen molar-refractivity contribution < 1.29 is 82.0 Å². The number of hydrogen-bond donors (Lipinski definition) is 0. The molecule has 0 aliphatic rings. The summed E-state index contributed by atoms with van der Waals surface area (Å²) in [5.41, 5.74) is 0. The van der Waals surface area contributed by atoms with Crippen LogP contribution in [0.3, 0.4) is 0 Å². The van der Waals surface area contributed by atoms with Crippen LogP contribution in [0.4, 0.5) is 0 Å². The van der Waals surface area contributed by atoms with Crippen molar-refractivity contribution in [3.05, 3.63) is 29.1 Å². The molecule has 0 unspecified atom stereocenters. The van der Waals surface area contributed by atoms with Gasteiger partial charge in [0.1, 0.15) is 10.1 Å². The number of fused-ring (bicyclic) bond motifs is 1. The van der Waals surface area contributed by atoms with Crippen molar-refractivity contribution >= 4 is 37.5 Å². The van der Waals surface area contributed by atoms with Crippen molar-refractivity contribution in [3.63, 3.8) is 0 Å². The van der Waals surface area contributed by atoms with Crippen molar-refractivity contribution in [2.24, 2.45) is 0 Å². The predicted molar refractivity (Wildman–Crippen MR) is 54.1 cm³/mol. The molecular weight excluding hydrogens is 298 g/mol. The number of hydrogen-bond acceptors (Lipinski definition) is 6. The third kappa shape index (κ3) is 3.56. The van der Waals surface area contributed by atoms with Gasteiger partial charge in [0.05, 0.1) is 15.7 Å². The van der Waals surface area contributed by atoms with Gasteiger partial charge in [-0.3, -0.25) is 0 Å². The van der Waals surface area contributed by atoms with Crippen LogP contribution in [0.5, 0.6) is 0 Å². The molecule has 0 spiro atoms. The topological polar surface area (TPSA) is 97.3 Å². The Morgan fingerprint density at radius 1 is 1.17 bits per heavy atom. The SMILES string of the molecule is O=C([O-])c1sc2ccccc2c1S(=O)(=O)[O-].[Na+].[Na+]. The van der Waals surface area contributed by atoms with Gasteiger partial charge in [0.2, 0.25) is 0 Å². The van der Waals surface area contributed by atoms with E-state index in [1.807, 2.05) is 0 Å². The van der Waals surface area contributed by atoms with Crippen LogP contribution >= 0.6 is 11.3 Å². The van der Waals surface area contributed by atoms with Crippen molar-refractivity contribution in [2.75, 3.05) is 0 Å². The van der Waals surface area contributed by atoms with E-state index in [1.54, 1.807) is 12.1 Å². The van der Waals surface area contributed by atoms with Crippen LogP contribution in [0.15, 0.2) is 29.2 Å². The molecule has 0 aliphatic heterocycles. The average Bonchev–Trinajstić information content (AvgIpc) is 2.55. The summed E-state index contributed by atoms with van der Waals surface area (Å²) in [6.45, 7) is 0. The minimum atomic E-state index is -4.82. The van der Waals surface area contributed by atoms with Crippen molar-refractivity contribution in [1.82, 2.24) is 0 Å². The van der Waals surface area contributed by atoms with Gasteiger partial charge < -0.3 is 14.5 Å². The number of thiophene rings is 1. The first kappa shape index (κ1) is 18.6. The molecule has 0 saturated heterocycles. The van der Waals surface area contributed by atoms with E-state index in [4.69, 9.17) is 0 Å². The molecule has 84 valence electrons. The number of carbonyl (C=O) groups excluding carboxylic acids is 1. The average molecular weight is 302 g/mol. The molecule has 0 atom stereocenters. The van der Waals surface area contributed by atoms with Gasteiger partial charge in [-0.15, -0.1) is 11.3 Å². The molecular formula is C9H4Na2O5S2. The van der Waals surface area contributed by atoms with Gasteiger partial charge in [-0.2, -0.15) is 0 Å². The summed E-state index contributed by atoms with van der Waals surface area (Å²) in [7, 11) is -4.82. The largest absolute Gasteiger partial charge is 1.00 e. The van der Waals surface area contributed by atoms with Crippen molar-refractivity contribution in [2.45, 2.75) is 4.90 Å². The number of carboxylic acids is 1. The van der Waals surface area contributed by atoms with E-state index in [9.17, 15) is 22.9 Å².